The number of esters is 1. The molecule has 0 N–H and O–H groups in total. The topological polar surface area (TPSA) is 61.8 Å². The van der Waals surface area contributed by atoms with Crippen molar-refractivity contribution in [3.63, 3.8) is 0 Å². The average molecular weight is 545 g/mol. The SMILES string of the molecule is C=C(C)OC1C(C)=CCC2C(C=C(C)C(=O)C3(OC(=O)C=Cc4ccccc4)CC(C)C(OC(=C)C)C13)C2(C)C. The number of rotatable bonds is 7. The van der Waals surface area contributed by atoms with Gasteiger partial charge in [-0.1, -0.05) is 76.4 Å². The Morgan fingerprint density at radius 1 is 1.05 bits per heavy atom. The van der Waals surface area contributed by atoms with Crippen LogP contribution < -0.4 is 0 Å². The number of carbonyl (C=O) groups is 2. The average Bonchev–Trinajstić information content (AvgIpc) is 3.28. The largest absolute Gasteiger partial charge is 0.495 e. The van der Waals surface area contributed by atoms with Gasteiger partial charge in [0.25, 0.3) is 0 Å². The van der Waals surface area contributed by atoms with Crippen molar-refractivity contribution in [1.29, 1.82) is 0 Å². The van der Waals surface area contributed by atoms with E-state index in [-0.39, 0.29) is 23.0 Å². The molecule has 2 fully saturated rings. The molecule has 5 nitrogen and oxygen atoms in total. The van der Waals surface area contributed by atoms with Gasteiger partial charge in [-0.15, -0.1) is 0 Å². The second kappa shape index (κ2) is 11.3. The highest BCUT2D eigenvalue weighted by atomic mass is 16.6. The van der Waals surface area contributed by atoms with Gasteiger partial charge < -0.3 is 14.2 Å². The molecule has 0 spiro atoms. The summed E-state index contributed by atoms with van der Waals surface area (Å²) in [6, 6.07) is 9.54. The number of Topliss-reactive ketones (excluding diaryl/α,β-unsaturated/α-hetero) is 1. The zero-order chi connectivity index (χ0) is 29.4. The Bertz CT molecular complexity index is 1270. The van der Waals surface area contributed by atoms with Crippen LogP contribution in [0.3, 0.4) is 0 Å². The minimum absolute atomic E-state index is 0.0818. The second-order valence-electron chi connectivity index (χ2n) is 12.6. The van der Waals surface area contributed by atoms with Crippen LogP contribution in [0.2, 0.25) is 0 Å². The summed E-state index contributed by atoms with van der Waals surface area (Å²) in [6.07, 6.45) is 7.57. The zero-order valence-electron chi connectivity index (χ0n) is 25.0. The maximum Gasteiger partial charge on any atom is 0.331 e. The third-order valence-corrected chi connectivity index (χ3v) is 9.02. The van der Waals surface area contributed by atoms with Gasteiger partial charge in [-0.05, 0) is 80.1 Å². The smallest absolute Gasteiger partial charge is 0.331 e. The fraction of sp³-hybridized carbons (Fsp3) is 0.486. The van der Waals surface area contributed by atoms with Crippen LogP contribution >= 0.6 is 0 Å². The van der Waals surface area contributed by atoms with Crippen molar-refractivity contribution in [2.75, 3.05) is 0 Å². The van der Waals surface area contributed by atoms with E-state index in [1.54, 1.807) is 19.9 Å². The molecule has 7 unspecified atom stereocenters. The van der Waals surface area contributed by atoms with Gasteiger partial charge >= 0.3 is 5.97 Å². The first-order chi connectivity index (χ1) is 18.8. The van der Waals surface area contributed by atoms with Crippen molar-refractivity contribution in [3.05, 3.63) is 89.9 Å². The van der Waals surface area contributed by atoms with E-state index < -0.39 is 29.7 Å². The van der Waals surface area contributed by atoms with Gasteiger partial charge in [0.1, 0.15) is 12.2 Å². The number of benzene rings is 1. The third kappa shape index (κ3) is 5.75. The number of fused-ring (bicyclic) bond motifs is 2. The molecule has 3 aliphatic carbocycles. The monoisotopic (exact) mass is 544 g/mol. The van der Waals surface area contributed by atoms with E-state index in [0.29, 0.717) is 29.4 Å². The van der Waals surface area contributed by atoms with E-state index in [2.05, 4.69) is 39.2 Å². The molecule has 214 valence electrons. The van der Waals surface area contributed by atoms with E-state index in [1.807, 2.05) is 51.1 Å². The number of hydrogen-bond acceptors (Lipinski definition) is 5. The molecule has 0 aliphatic heterocycles. The first-order valence-electron chi connectivity index (χ1n) is 14.3. The van der Waals surface area contributed by atoms with Crippen molar-refractivity contribution in [2.45, 2.75) is 79.1 Å². The molecule has 0 heterocycles. The van der Waals surface area contributed by atoms with E-state index in [0.717, 1.165) is 17.6 Å². The van der Waals surface area contributed by atoms with E-state index in [9.17, 15) is 9.59 Å². The Morgan fingerprint density at radius 3 is 2.33 bits per heavy atom. The Balaban J connectivity index is 1.87. The predicted molar refractivity (Wildman–Crippen MR) is 159 cm³/mol. The number of hydrogen-bond donors (Lipinski definition) is 0. The number of carbonyl (C=O) groups excluding carboxylic acids is 2. The summed E-state index contributed by atoms with van der Waals surface area (Å²) in [7, 11) is 0. The van der Waals surface area contributed by atoms with Crippen molar-refractivity contribution in [2.24, 2.45) is 29.1 Å². The van der Waals surface area contributed by atoms with E-state index in [1.165, 1.54) is 6.08 Å². The lowest BCUT2D eigenvalue weighted by molar-refractivity contribution is -0.173. The predicted octanol–water partition coefficient (Wildman–Crippen LogP) is 7.61. The molecule has 2 saturated carbocycles. The molecule has 0 saturated heterocycles. The Labute approximate surface area is 239 Å². The Morgan fingerprint density at radius 2 is 1.70 bits per heavy atom. The first-order valence-corrected chi connectivity index (χ1v) is 14.3. The summed E-state index contributed by atoms with van der Waals surface area (Å²) < 4.78 is 19.1. The first kappa shape index (κ1) is 29.6. The molecule has 3 aliphatic rings. The van der Waals surface area contributed by atoms with Gasteiger partial charge in [0.2, 0.25) is 5.78 Å². The summed E-state index contributed by atoms with van der Waals surface area (Å²) in [5, 5.41) is 0. The highest BCUT2D eigenvalue weighted by Crippen LogP contribution is 2.62. The molecule has 1 aromatic rings. The maximum absolute atomic E-state index is 14.6. The molecule has 40 heavy (non-hydrogen) atoms. The van der Waals surface area contributed by atoms with Crippen LogP contribution in [-0.4, -0.2) is 29.6 Å². The molecular formula is C35H44O5. The van der Waals surface area contributed by atoms with Gasteiger partial charge in [0.05, 0.1) is 17.4 Å². The quantitative estimate of drug-likeness (QED) is 0.153. The molecule has 7 atom stereocenters. The molecule has 0 aromatic heterocycles. The van der Waals surface area contributed by atoms with E-state index >= 15 is 0 Å². The highest BCUT2D eigenvalue weighted by molar-refractivity contribution is 6.04. The molecule has 0 radical (unpaired) electrons. The molecule has 5 heteroatoms. The summed E-state index contributed by atoms with van der Waals surface area (Å²) in [5.41, 5.74) is 1.05. The molecule has 0 bridgehead atoms. The zero-order valence-corrected chi connectivity index (χ0v) is 25.0. The number of ketones is 1. The van der Waals surface area contributed by atoms with Gasteiger partial charge in [-0.25, -0.2) is 4.79 Å². The second-order valence-corrected chi connectivity index (χ2v) is 12.6. The van der Waals surface area contributed by atoms with Gasteiger partial charge in [-0.2, -0.15) is 0 Å². The lowest BCUT2D eigenvalue weighted by Gasteiger charge is -2.40. The number of ether oxygens (including phenoxy) is 3. The van der Waals surface area contributed by atoms with E-state index in [4.69, 9.17) is 14.2 Å². The summed E-state index contributed by atoms with van der Waals surface area (Å²) in [5.74, 6) is 0.261. The minimum atomic E-state index is -1.49. The highest BCUT2D eigenvalue weighted by Gasteiger charge is 2.65. The van der Waals surface area contributed by atoms with Crippen LogP contribution in [0.15, 0.2) is 84.4 Å². The lowest BCUT2D eigenvalue weighted by Crippen LogP contribution is -2.54. The van der Waals surface area contributed by atoms with Crippen LogP contribution in [0.5, 0.6) is 0 Å². The summed E-state index contributed by atoms with van der Waals surface area (Å²) >= 11 is 0. The molecular weight excluding hydrogens is 500 g/mol. The van der Waals surface area contributed by atoms with Crippen LogP contribution in [0.25, 0.3) is 6.08 Å². The van der Waals surface area contributed by atoms with Crippen molar-refractivity contribution >= 4 is 17.8 Å². The van der Waals surface area contributed by atoms with Gasteiger partial charge in [-0.3, -0.25) is 4.79 Å². The van der Waals surface area contributed by atoms with Crippen molar-refractivity contribution in [1.82, 2.24) is 0 Å². The standard InChI is InChI=1S/C35H44O5/c1-21(2)38-31-23(5)15-17-27-28(34(27,8)9)19-24(6)33(37)35(20-25(7)32(30(31)35)39-22(3)4)40-29(36)18-16-26-13-11-10-12-14-26/h10-16,18-19,25,27-28,30-32H,1,3,17,20H2,2,4-9H3. The van der Waals surface area contributed by atoms with Crippen molar-refractivity contribution in [3.8, 4) is 0 Å². The van der Waals surface area contributed by atoms with Crippen LogP contribution in [0.1, 0.15) is 66.9 Å². The number of allylic oxidation sites excluding steroid dienone is 4. The van der Waals surface area contributed by atoms with Crippen molar-refractivity contribution < 1.29 is 23.8 Å². The summed E-state index contributed by atoms with van der Waals surface area (Å²) in [6.45, 7) is 22.0. The summed E-state index contributed by atoms with van der Waals surface area (Å²) in [4.78, 5) is 28.1. The minimum Gasteiger partial charge on any atom is -0.495 e. The van der Waals surface area contributed by atoms with Crippen LogP contribution in [0, 0.1) is 29.1 Å². The van der Waals surface area contributed by atoms with Gasteiger partial charge in [0, 0.05) is 12.5 Å². The fourth-order valence-electron chi connectivity index (χ4n) is 6.87. The molecule has 0 amide bonds. The maximum atomic E-state index is 14.6. The third-order valence-electron chi connectivity index (χ3n) is 9.02. The lowest BCUT2D eigenvalue weighted by atomic mass is 9.77. The molecule has 4 rings (SSSR count). The van der Waals surface area contributed by atoms with Crippen LogP contribution in [-0.2, 0) is 23.8 Å². The van der Waals surface area contributed by atoms with Gasteiger partial charge in [0.15, 0.2) is 5.60 Å². The normalized spacial score (nSPS) is 33.0. The Kier molecular flexibility index (Phi) is 8.35. The Hall–Kier alpha value is -3.34. The molecule has 1 aromatic carbocycles. The fourth-order valence-corrected chi connectivity index (χ4v) is 6.87. The van der Waals surface area contributed by atoms with Crippen LogP contribution in [0.4, 0.5) is 0 Å².